The van der Waals surface area contributed by atoms with E-state index in [1.54, 1.807) is 18.2 Å². The molecule has 2 aromatic rings. The van der Waals surface area contributed by atoms with E-state index in [0.29, 0.717) is 23.5 Å². The van der Waals surface area contributed by atoms with Crippen molar-refractivity contribution in [1.82, 2.24) is 15.0 Å². The second-order valence-corrected chi connectivity index (χ2v) is 3.06. The van der Waals surface area contributed by atoms with Gasteiger partial charge in [0.1, 0.15) is 12.1 Å². The van der Waals surface area contributed by atoms with Crippen LogP contribution in [0.4, 0.5) is 10.2 Å². The lowest BCUT2D eigenvalue weighted by molar-refractivity contribution is 0.569. The SMILES string of the molecule is Nc1cc(Cc2cccnc2F)ncn1. The van der Waals surface area contributed by atoms with Gasteiger partial charge in [0.2, 0.25) is 5.95 Å². The number of halogens is 1. The average Bonchev–Trinajstić information content (AvgIpc) is 2.22. The Hall–Kier alpha value is -2.04. The summed E-state index contributed by atoms with van der Waals surface area (Å²) in [6.45, 7) is 0. The summed E-state index contributed by atoms with van der Waals surface area (Å²) < 4.78 is 13.2. The molecule has 0 aromatic carbocycles. The van der Waals surface area contributed by atoms with Gasteiger partial charge in [-0.3, -0.25) is 0 Å². The molecule has 0 atom stereocenters. The van der Waals surface area contributed by atoms with Crippen LogP contribution in [-0.2, 0) is 6.42 Å². The zero-order chi connectivity index (χ0) is 10.7. The predicted molar refractivity (Wildman–Crippen MR) is 53.4 cm³/mol. The van der Waals surface area contributed by atoms with Gasteiger partial charge < -0.3 is 5.73 Å². The summed E-state index contributed by atoms with van der Waals surface area (Å²) >= 11 is 0. The van der Waals surface area contributed by atoms with Crippen LogP contribution in [0.1, 0.15) is 11.3 Å². The van der Waals surface area contributed by atoms with Gasteiger partial charge in [-0.2, -0.15) is 4.39 Å². The van der Waals surface area contributed by atoms with E-state index in [2.05, 4.69) is 15.0 Å². The third kappa shape index (κ3) is 2.25. The molecule has 2 aromatic heterocycles. The number of nitrogens with two attached hydrogens (primary N) is 1. The summed E-state index contributed by atoms with van der Waals surface area (Å²) in [4.78, 5) is 11.3. The van der Waals surface area contributed by atoms with Gasteiger partial charge in [0.05, 0.1) is 5.69 Å². The molecule has 0 radical (unpaired) electrons. The Labute approximate surface area is 86.0 Å². The van der Waals surface area contributed by atoms with Crippen LogP contribution in [-0.4, -0.2) is 15.0 Å². The van der Waals surface area contributed by atoms with Gasteiger partial charge in [-0.25, -0.2) is 15.0 Å². The van der Waals surface area contributed by atoms with Gasteiger partial charge >= 0.3 is 0 Å². The molecular formula is C10H9FN4. The standard InChI is InChI=1S/C10H9FN4/c11-10-7(2-1-3-13-10)4-8-5-9(12)15-6-14-8/h1-3,5-6H,4H2,(H2,12,14,15). The summed E-state index contributed by atoms with van der Waals surface area (Å²) in [6.07, 6.45) is 3.14. The maximum Gasteiger partial charge on any atom is 0.216 e. The number of aromatic nitrogens is 3. The van der Waals surface area contributed by atoms with Crippen LogP contribution in [0.25, 0.3) is 0 Å². The zero-order valence-electron chi connectivity index (χ0n) is 7.89. The lowest BCUT2D eigenvalue weighted by Gasteiger charge is -2.01. The minimum atomic E-state index is -0.477. The lowest BCUT2D eigenvalue weighted by atomic mass is 10.1. The Bertz CT molecular complexity index is 472. The second kappa shape index (κ2) is 4.00. The van der Waals surface area contributed by atoms with Crippen molar-refractivity contribution in [2.75, 3.05) is 5.73 Å². The molecule has 0 saturated carbocycles. The fourth-order valence-corrected chi connectivity index (χ4v) is 1.26. The number of nitrogens with zero attached hydrogens (tertiary/aromatic N) is 3. The van der Waals surface area contributed by atoms with Crippen LogP contribution in [0.15, 0.2) is 30.7 Å². The smallest absolute Gasteiger partial charge is 0.216 e. The Morgan fingerprint density at radius 1 is 1.27 bits per heavy atom. The molecule has 2 rings (SSSR count). The maximum absolute atomic E-state index is 13.2. The van der Waals surface area contributed by atoms with Crippen LogP contribution in [0.5, 0.6) is 0 Å². The highest BCUT2D eigenvalue weighted by atomic mass is 19.1. The van der Waals surface area contributed by atoms with Crippen LogP contribution in [0.3, 0.4) is 0 Å². The van der Waals surface area contributed by atoms with Crippen LogP contribution >= 0.6 is 0 Å². The van der Waals surface area contributed by atoms with E-state index in [4.69, 9.17) is 5.73 Å². The van der Waals surface area contributed by atoms with Crippen molar-refractivity contribution in [3.05, 3.63) is 47.9 Å². The molecule has 0 aliphatic heterocycles. The molecule has 15 heavy (non-hydrogen) atoms. The van der Waals surface area contributed by atoms with Crippen molar-refractivity contribution in [1.29, 1.82) is 0 Å². The number of anilines is 1. The van der Waals surface area contributed by atoms with Crippen LogP contribution < -0.4 is 5.73 Å². The summed E-state index contributed by atoms with van der Waals surface area (Å²) in [6, 6.07) is 4.97. The first kappa shape index (κ1) is 9.51. The minimum absolute atomic E-state index is 0.367. The monoisotopic (exact) mass is 204 g/mol. The van der Waals surface area contributed by atoms with Crippen molar-refractivity contribution in [3.63, 3.8) is 0 Å². The van der Waals surface area contributed by atoms with E-state index in [1.807, 2.05) is 0 Å². The summed E-state index contributed by atoms with van der Waals surface area (Å²) in [7, 11) is 0. The molecule has 4 nitrogen and oxygen atoms in total. The summed E-state index contributed by atoms with van der Waals surface area (Å²) in [5.41, 5.74) is 6.66. The Morgan fingerprint density at radius 3 is 2.87 bits per heavy atom. The second-order valence-electron chi connectivity index (χ2n) is 3.06. The summed E-state index contributed by atoms with van der Waals surface area (Å²) in [5, 5.41) is 0. The van der Waals surface area contributed by atoms with E-state index in [1.165, 1.54) is 12.5 Å². The Balaban J connectivity index is 2.26. The van der Waals surface area contributed by atoms with Gasteiger partial charge in [-0.15, -0.1) is 0 Å². The number of nitrogen functional groups attached to an aromatic ring is 1. The van der Waals surface area contributed by atoms with Crippen LogP contribution in [0, 0.1) is 5.95 Å². The zero-order valence-corrected chi connectivity index (χ0v) is 7.89. The topological polar surface area (TPSA) is 64.7 Å². The third-order valence-corrected chi connectivity index (χ3v) is 1.95. The maximum atomic E-state index is 13.2. The predicted octanol–water partition coefficient (Wildman–Crippen LogP) is 1.18. The van der Waals surface area contributed by atoms with Crippen molar-refractivity contribution in [2.45, 2.75) is 6.42 Å². The average molecular weight is 204 g/mol. The Kier molecular flexibility index (Phi) is 2.53. The molecule has 0 spiro atoms. The van der Waals surface area contributed by atoms with E-state index in [0.717, 1.165) is 0 Å². The Morgan fingerprint density at radius 2 is 2.13 bits per heavy atom. The number of pyridine rings is 1. The van der Waals surface area contributed by atoms with Crippen molar-refractivity contribution in [3.8, 4) is 0 Å². The van der Waals surface area contributed by atoms with Crippen molar-refractivity contribution in [2.24, 2.45) is 0 Å². The first-order chi connectivity index (χ1) is 7.25. The van der Waals surface area contributed by atoms with Gasteiger partial charge in [-0.05, 0) is 6.07 Å². The van der Waals surface area contributed by atoms with Gasteiger partial charge in [-0.1, -0.05) is 6.07 Å². The number of rotatable bonds is 2. The first-order valence-corrected chi connectivity index (χ1v) is 4.41. The third-order valence-electron chi connectivity index (χ3n) is 1.95. The normalized spacial score (nSPS) is 10.2. The molecule has 0 bridgehead atoms. The molecule has 0 fully saturated rings. The number of hydrogen-bond acceptors (Lipinski definition) is 4. The van der Waals surface area contributed by atoms with Crippen molar-refractivity contribution >= 4 is 5.82 Å². The highest BCUT2D eigenvalue weighted by Crippen LogP contribution is 2.10. The fourth-order valence-electron chi connectivity index (χ4n) is 1.26. The molecular weight excluding hydrogens is 195 g/mol. The molecule has 0 saturated heterocycles. The lowest BCUT2D eigenvalue weighted by Crippen LogP contribution is -1.99. The molecule has 76 valence electrons. The van der Waals surface area contributed by atoms with Crippen molar-refractivity contribution < 1.29 is 4.39 Å². The molecule has 0 amide bonds. The number of hydrogen-bond donors (Lipinski definition) is 1. The van der Waals surface area contributed by atoms with E-state index in [9.17, 15) is 4.39 Å². The first-order valence-electron chi connectivity index (χ1n) is 4.41. The minimum Gasteiger partial charge on any atom is -0.384 e. The molecule has 2 heterocycles. The molecule has 5 heteroatoms. The van der Waals surface area contributed by atoms with E-state index < -0.39 is 5.95 Å². The van der Waals surface area contributed by atoms with E-state index >= 15 is 0 Å². The van der Waals surface area contributed by atoms with E-state index in [-0.39, 0.29) is 0 Å². The highest BCUT2D eigenvalue weighted by Gasteiger charge is 2.04. The van der Waals surface area contributed by atoms with Crippen LogP contribution in [0.2, 0.25) is 0 Å². The largest absolute Gasteiger partial charge is 0.384 e. The molecule has 0 unspecified atom stereocenters. The quantitative estimate of drug-likeness (QED) is 0.746. The van der Waals surface area contributed by atoms with Gasteiger partial charge in [0.15, 0.2) is 0 Å². The highest BCUT2D eigenvalue weighted by molar-refractivity contribution is 5.30. The van der Waals surface area contributed by atoms with Gasteiger partial charge in [0.25, 0.3) is 0 Å². The molecule has 0 aliphatic rings. The van der Waals surface area contributed by atoms with Gasteiger partial charge in [0, 0.05) is 24.2 Å². The molecule has 0 aliphatic carbocycles. The molecule has 2 N–H and O–H groups in total. The summed E-state index contributed by atoms with van der Waals surface area (Å²) in [5.74, 6) is -0.0982. The fraction of sp³-hybridized carbons (Fsp3) is 0.100.